The van der Waals surface area contributed by atoms with Gasteiger partial charge in [-0.15, -0.1) is 0 Å². The van der Waals surface area contributed by atoms with Gasteiger partial charge in [-0.2, -0.15) is 0 Å². The summed E-state index contributed by atoms with van der Waals surface area (Å²) in [5.74, 6) is 2.09. The topological polar surface area (TPSA) is 30.2 Å². The summed E-state index contributed by atoms with van der Waals surface area (Å²) in [6.45, 7) is 4.26. The minimum atomic E-state index is 0.0315. The first-order chi connectivity index (χ1) is 9.53. The third-order valence-electron chi connectivity index (χ3n) is 3.56. The monoisotopic (exact) mass is 334 g/mol. The van der Waals surface area contributed by atoms with Gasteiger partial charge in [0.15, 0.2) is 0 Å². The molecular weight excluding hydrogens is 315 g/mol. The van der Waals surface area contributed by atoms with E-state index in [0.717, 1.165) is 28.8 Å². The molecule has 1 aromatic heterocycles. The quantitative estimate of drug-likeness (QED) is 0.809. The van der Waals surface area contributed by atoms with Crippen LogP contribution in [-0.4, -0.2) is 20.7 Å². The van der Waals surface area contributed by atoms with Crippen molar-refractivity contribution >= 4 is 25.2 Å². The van der Waals surface area contributed by atoms with E-state index in [4.69, 9.17) is 4.42 Å². The average molecular weight is 333 g/mol. The molecule has 3 heteroatoms. The zero-order valence-electron chi connectivity index (χ0n) is 11.8. The van der Waals surface area contributed by atoms with E-state index in [-0.39, 0.29) is 11.2 Å². The molecule has 0 N–H and O–H groups in total. The number of Topliss-reactive ketones (excluding diaryl/α,β-unsaturated/α-hetero) is 1. The number of hydrogen-bond donors (Lipinski definition) is 0. The molecule has 0 saturated heterocycles. The molecule has 104 valence electrons. The average Bonchev–Trinajstić information content (AvgIpc) is 2.79. The summed E-state index contributed by atoms with van der Waals surface area (Å²) in [5, 5.41) is 0.914. The SMILES string of the molecule is CC1(C)CC(=O)c2cc(C[Se]c3ccccc3)oc2C1. The minimum absolute atomic E-state index is 0.0315. The fourth-order valence-electron chi connectivity index (χ4n) is 2.62. The molecule has 1 aliphatic carbocycles. The Hall–Kier alpha value is -1.31. The zero-order chi connectivity index (χ0) is 14.2. The summed E-state index contributed by atoms with van der Waals surface area (Å²) in [6, 6.07) is 12.4. The number of hydrogen-bond acceptors (Lipinski definition) is 2. The standard InChI is InChI=1S/C17H18O2Se/c1-17(2)9-15(18)14-8-12(19-16(14)10-17)11-20-13-6-4-3-5-7-13/h3-8H,9-11H2,1-2H3. The van der Waals surface area contributed by atoms with Gasteiger partial charge >= 0.3 is 125 Å². The van der Waals surface area contributed by atoms with Crippen molar-refractivity contribution in [1.29, 1.82) is 0 Å². The van der Waals surface area contributed by atoms with E-state index in [1.54, 1.807) is 0 Å². The van der Waals surface area contributed by atoms with Crippen LogP contribution in [0, 0.1) is 5.41 Å². The molecule has 0 radical (unpaired) electrons. The van der Waals surface area contributed by atoms with Gasteiger partial charge in [-0.3, -0.25) is 0 Å². The van der Waals surface area contributed by atoms with Crippen molar-refractivity contribution in [3.05, 3.63) is 53.5 Å². The Morgan fingerprint density at radius 1 is 1.20 bits per heavy atom. The van der Waals surface area contributed by atoms with Crippen LogP contribution >= 0.6 is 0 Å². The molecule has 0 amide bonds. The molecule has 0 unspecified atom stereocenters. The second-order valence-electron chi connectivity index (χ2n) is 6.09. The van der Waals surface area contributed by atoms with E-state index in [9.17, 15) is 4.79 Å². The number of benzene rings is 1. The fourth-order valence-corrected chi connectivity index (χ4v) is 4.30. The molecule has 2 nitrogen and oxygen atoms in total. The molecule has 3 rings (SSSR count). The maximum absolute atomic E-state index is 12.1. The van der Waals surface area contributed by atoms with Gasteiger partial charge in [-0.25, -0.2) is 0 Å². The second-order valence-corrected chi connectivity index (χ2v) is 8.29. The maximum atomic E-state index is 12.1. The summed E-state index contributed by atoms with van der Waals surface area (Å²) in [5.41, 5.74) is 0.854. The normalized spacial score (nSPS) is 17.0. The van der Waals surface area contributed by atoms with Gasteiger partial charge in [-0.05, 0) is 0 Å². The van der Waals surface area contributed by atoms with Crippen LogP contribution in [-0.2, 0) is 11.7 Å². The summed E-state index contributed by atoms with van der Waals surface area (Å²) in [6.07, 6.45) is 1.50. The Balaban J connectivity index is 1.75. The molecule has 0 fully saturated rings. The fraction of sp³-hybridized carbons (Fsp3) is 0.353. The summed E-state index contributed by atoms with van der Waals surface area (Å²) >= 11 is 0.361. The first-order valence-electron chi connectivity index (χ1n) is 6.86. The molecule has 20 heavy (non-hydrogen) atoms. The van der Waals surface area contributed by atoms with E-state index in [0.29, 0.717) is 21.4 Å². The predicted molar refractivity (Wildman–Crippen MR) is 80.7 cm³/mol. The van der Waals surface area contributed by atoms with Crippen LogP contribution in [0.15, 0.2) is 40.8 Å². The van der Waals surface area contributed by atoms with Crippen LogP contribution in [0.5, 0.6) is 0 Å². The third kappa shape index (κ3) is 2.89. The third-order valence-corrected chi connectivity index (χ3v) is 5.73. The Morgan fingerprint density at radius 3 is 2.70 bits per heavy atom. The van der Waals surface area contributed by atoms with Crippen LogP contribution in [0.2, 0.25) is 0 Å². The van der Waals surface area contributed by atoms with E-state index < -0.39 is 0 Å². The number of fused-ring (bicyclic) bond motifs is 1. The van der Waals surface area contributed by atoms with Crippen molar-refractivity contribution in [3.63, 3.8) is 0 Å². The first-order valence-corrected chi connectivity index (χ1v) is 8.93. The Kier molecular flexibility index (Phi) is 3.57. The number of carbonyl (C=O) groups is 1. The molecule has 0 bridgehead atoms. The van der Waals surface area contributed by atoms with Crippen LogP contribution in [0.3, 0.4) is 0 Å². The van der Waals surface area contributed by atoms with Gasteiger partial charge in [0.1, 0.15) is 0 Å². The summed E-state index contributed by atoms with van der Waals surface area (Å²) in [4.78, 5) is 12.1. The van der Waals surface area contributed by atoms with Crippen LogP contribution in [0.25, 0.3) is 0 Å². The Morgan fingerprint density at radius 2 is 1.95 bits per heavy atom. The molecule has 0 spiro atoms. The number of furan rings is 1. The van der Waals surface area contributed by atoms with Gasteiger partial charge in [-0.1, -0.05) is 0 Å². The van der Waals surface area contributed by atoms with Crippen molar-refractivity contribution < 1.29 is 9.21 Å². The van der Waals surface area contributed by atoms with Crippen LogP contribution < -0.4 is 4.46 Å². The second kappa shape index (κ2) is 5.23. The molecule has 0 aliphatic heterocycles. The molecule has 0 atom stereocenters. The van der Waals surface area contributed by atoms with Crippen LogP contribution in [0.1, 0.15) is 42.1 Å². The van der Waals surface area contributed by atoms with Gasteiger partial charge in [0.2, 0.25) is 0 Å². The Bertz CT molecular complexity index is 626. The Labute approximate surface area is 125 Å². The number of rotatable bonds is 3. The molecule has 1 aliphatic rings. The van der Waals surface area contributed by atoms with Crippen molar-refractivity contribution in [2.24, 2.45) is 5.41 Å². The van der Waals surface area contributed by atoms with E-state index >= 15 is 0 Å². The van der Waals surface area contributed by atoms with Crippen LogP contribution in [0.4, 0.5) is 0 Å². The van der Waals surface area contributed by atoms with Crippen molar-refractivity contribution in [2.75, 3.05) is 0 Å². The van der Waals surface area contributed by atoms with Gasteiger partial charge in [0.25, 0.3) is 0 Å². The molecule has 1 heterocycles. The van der Waals surface area contributed by atoms with E-state index in [1.807, 2.05) is 12.1 Å². The van der Waals surface area contributed by atoms with E-state index in [1.165, 1.54) is 4.46 Å². The van der Waals surface area contributed by atoms with Gasteiger partial charge in [0.05, 0.1) is 0 Å². The van der Waals surface area contributed by atoms with E-state index in [2.05, 4.69) is 38.1 Å². The molecular formula is C17H18O2Se. The zero-order valence-corrected chi connectivity index (χ0v) is 13.5. The summed E-state index contributed by atoms with van der Waals surface area (Å²) < 4.78 is 7.29. The van der Waals surface area contributed by atoms with Gasteiger partial charge in [0, 0.05) is 0 Å². The summed E-state index contributed by atoms with van der Waals surface area (Å²) in [7, 11) is 0. The first kappa shape index (κ1) is 13.7. The van der Waals surface area contributed by atoms with Gasteiger partial charge < -0.3 is 0 Å². The van der Waals surface area contributed by atoms with Crippen molar-refractivity contribution in [1.82, 2.24) is 0 Å². The number of carbonyl (C=O) groups excluding carboxylic acids is 1. The van der Waals surface area contributed by atoms with Crippen molar-refractivity contribution in [2.45, 2.75) is 32.0 Å². The number of ketones is 1. The molecule has 1 aromatic carbocycles. The molecule has 0 saturated carbocycles. The predicted octanol–water partition coefficient (Wildman–Crippen LogP) is 2.96. The molecule has 2 aromatic rings. The van der Waals surface area contributed by atoms with Crippen molar-refractivity contribution in [3.8, 4) is 0 Å².